The summed E-state index contributed by atoms with van der Waals surface area (Å²) in [4.78, 5) is 21.7. The zero-order valence-electron chi connectivity index (χ0n) is 14.3. The molecule has 0 spiro atoms. The molecule has 28 heavy (non-hydrogen) atoms. The predicted octanol–water partition coefficient (Wildman–Crippen LogP) is -0.173. The first-order valence-corrected chi connectivity index (χ1v) is 12.6. The zero-order chi connectivity index (χ0) is 21.5. The van der Waals surface area contributed by atoms with E-state index >= 15 is 0 Å². The number of rotatable bonds is 5. The van der Waals surface area contributed by atoms with Crippen LogP contribution in [-0.4, -0.2) is 61.1 Å². The minimum Gasteiger partial charge on any atom is -0.465 e. The average Bonchev–Trinajstić information content (AvgIpc) is 3.11. The maximum absolute atomic E-state index is 11.3. The standard InChI is InChI=1S/C8H10AsNO5.C5H5ClN2O4S/c1-6(11)10-8-4-2-3-7(5-8)9(12,13)15-14;1-12-5(9)3-2-7-8-4(3)13(6,10)11/h2-5,14H,1H3,(H,10,11)(H,12,13);2H,1H3,(H,7,8). The molecule has 1 amide bonds. The topological polar surface area (TPSA) is 185 Å². The monoisotopic (exact) mass is 499 g/mol. The molecule has 0 aliphatic heterocycles. The first-order valence-electron chi connectivity index (χ1n) is 7.03. The van der Waals surface area contributed by atoms with Crippen molar-refractivity contribution in [3.8, 4) is 0 Å². The summed E-state index contributed by atoms with van der Waals surface area (Å²) in [5.41, 5.74) is 0.158. The number of methoxy groups -OCH3 is 1. The van der Waals surface area contributed by atoms with Crippen LogP contribution in [0.15, 0.2) is 35.5 Å². The van der Waals surface area contributed by atoms with E-state index in [0.29, 0.717) is 5.69 Å². The molecule has 154 valence electrons. The van der Waals surface area contributed by atoms with Crippen LogP contribution in [0, 0.1) is 0 Å². The number of carbonyl (C=O) groups is 2. The molecule has 0 saturated heterocycles. The Bertz CT molecular complexity index is 1010. The average molecular weight is 500 g/mol. The van der Waals surface area contributed by atoms with Gasteiger partial charge in [0, 0.05) is 16.9 Å². The van der Waals surface area contributed by atoms with Crippen LogP contribution < -0.4 is 9.67 Å². The fraction of sp³-hybridized carbons (Fsp3) is 0.154. The number of benzene rings is 1. The van der Waals surface area contributed by atoms with Crippen LogP contribution in [0.2, 0.25) is 0 Å². The van der Waals surface area contributed by atoms with Gasteiger partial charge in [-0.25, -0.2) is 13.2 Å². The molecule has 2 rings (SSSR count). The Balaban J connectivity index is 0.000000283. The van der Waals surface area contributed by atoms with Gasteiger partial charge in [0.25, 0.3) is 9.05 Å². The Morgan fingerprint density at radius 1 is 1.36 bits per heavy atom. The van der Waals surface area contributed by atoms with Crippen molar-refractivity contribution < 1.29 is 39.7 Å². The second-order valence-electron chi connectivity index (χ2n) is 4.87. The minimum atomic E-state index is -4.83. The van der Waals surface area contributed by atoms with Crippen LogP contribution in [0.25, 0.3) is 0 Å². The number of esters is 1. The molecule has 15 heteroatoms. The first kappa shape index (κ1) is 23.9. The molecule has 1 atom stereocenters. The molecule has 0 aliphatic carbocycles. The van der Waals surface area contributed by atoms with Gasteiger partial charge in [-0.05, 0) is 0 Å². The summed E-state index contributed by atoms with van der Waals surface area (Å²) in [7, 11) is 2.10. The molecule has 0 bridgehead atoms. The van der Waals surface area contributed by atoms with Gasteiger partial charge in [0.1, 0.15) is 5.56 Å². The third-order valence-corrected chi connectivity index (χ3v) is 6.47. The number of anilines is 1. The fourth-order valence-electron chi connectivity index (χ4n) is 1.73. The Kier molecular flexibility index (Phi) is 8.42. The van der Waals surface area contributed by atoms with E-state index in [1.807, 2.05) is 0 Å². The number of nitrogens with zero attached hydrogens (tertiary/aromatic N) is 1. The summed E-state index contributed by atoms with van der Waals surface area (Å²) in [6.07, 6.45) is 1.10. The van der Waals surface area contributed by atoms with Crippen molar-refractivity contribution in [2.45, 2.75) is 11.9 Å². The second-order valence-corrected chi connectivity index (χ2v) is 11.0. The number of hydrogen-bond acceptors (Lipinski definition) is 9. The zero-order valence-corrected chi connectivity index (χ0v) is 17.8. The van der Waals surface area contributed by atoms with Crippen LogP contribution in [0.1, 0.15) is 17.3 Å². The number of hydrogen-bond donors (Lipinski definition) is 4. The van der Waals surface area contributed by atoms with E-state index in [0.717, 1.165) is 13.3 Å². The molecule has 2 aromatic rings. The van der Waals surface area contributed by atoms with E-state index < -0.39 is 34.2 Å². The van der Waals surface area contributed by atoms with Crippen molar-refractivity contribution in [1.82, 2.24) is 10.2 Å². The summed E-state index contributed by atoms with van der Waals surface area (Å²) in [6, 6.07) is 5.64. The van der Waals surface area contributed by atoms with Crippen LogP contribution in [0.3, 0.4) is 0 Å². The maximum Gasteiger partial charge on any atom is 0.342 e. The van der Waals surface area contributed by atoms with E-state index in [9.17, 15) is 25.8 Å². The predicted molar refractivity (Wildman–Crippen MR) is 95.7 cm³/mol. The van der Waals surface area contributed by atoms with Crippen LogP contribution in [0.4, 0.5) is 5.69 Å². The first-order chi connectivity index (χ1) is 12.9. The minimum absolute atomic E-state index is 0.0399. The second kappa shape index (κ2) is 9.87. The Morgan fingerprint density at radius 3 is 2.50 bits per heavy atom. The fourth-order valence-corrected chi connectivity index (χ4v) is 4.06. The number of aromatic amines is 1. The number of aromatic nitrogens is 2. The van der Waals surface area contributed by atoms with Crippen molar-refractivity contribution in [3.05, 3.63) is 36.0 Å². The Labute approximate surface area is 166 Å². The third kappa shape index (κ3) is 6.78. The Morgan fingerprint density at radius 2 is 2.00 bits per heavy atom. The molecule has 1 unspecified atom stereocenters. The van der Waals surface area contributed by atoms with Gasteiger partial charge < -0.3 is 4.74 Å². The number of halogens is 1. The molecule has 12 nitrogen and oxygen atoms in total. The van der Waals surface area contributed by atoms with Crippen molar-refractivity contribution in [2.75, 3.05) is 12.4 Å². The van der Waals surface area contributed by atoms with Crippen molar-refractivity contribution >= 4 is 55.8 Å². The van der Waals surface area contributed by atoms with Gasteiger partial charge in [-0.1, -0.05) is 0 Å². The van der Waals surface area contributed by atoms with Gasteiger partial charge >= 0.3 is 94.4 Å². The summed E-state index contributed by atoms with van der Waals surface area (Å²) < 4.78 is 49.9. The molecule has 4 N–H and O–H groups in total. The molecule has 1 aromatic heterocycles. The molecule has 1 aromatic carbocycles. The number of nitrogens with one attached hydrogen (secondary N) is 2. The summed E-state index contributed by atoms with van der Waals surface area (Å²) in [5.74, 6) is -1.11. The molecule has 0 saturated carbocycles. The van der Waals surface area contributed by atoms with E-state index in [-0.39, 0.29) is 15.8 Å². The normalized spacial score (nSPS) is 12.9. The number of carbonyl (C=O) groups excluding carboxylic acids is 2. The molecular formula is C13H15AsClN3O9S. The van der Waals surface area contributed by atoms with Crippen molar-refractivity contribution in [2.24, 2.45) is 0 Å². The van der Waals surface area contributed by atoms with E-state index in [4.69, 9.17) is 15.9 Å². The third-order valence-electron chi connectivity index (χ3n) is 2.85. The summed E-state index contributed by atoms with van der Waals surface area (Å²) in [5, 5.41) is 15.7. The Hall–Kier alpha value is -2.15. The SMILES string of the molecule is CC(=O)Nc1cccc([As](=O)(O)OO)c1.COC(=O)c1c[nH]nc1S(=O)(=O)Cl. The quantitative estimate of drug-likeness (QED) is 0.141. The van der Waals surface area contributed by atoms with Gasteiger partial charge in [-0.3, -0.25) is 5.10 Å². The van der Waals surface area contributed by atoms with Crippen LogP contribution in [0.5, 0.6) is 0 Å². The van der Waals surface area contributed by atoms with Gasteiger partial charge in [-0.15, -0.1) is 0 Å². The number of ether oxygens (including phenoxy) is 1. The number of amides is 1. The maximum atomic E-state index is 11.3. The van der Waals surface area contributed by atoms with Crippen LogP contribution in [-0.2, 0) is 26.2 Å². The van der Waals surface area contributed by atoms with Crippen LogP contribution >= 0.6 is 10.7 Å². The summed E-state index contributed by atoms with van der Waals surface area (Å²) in [6.45, 7) is 1.32. The van der Waals surface area contributed by atoms with E-state index in [2.05, 4.69) is 24.1 Å². The van der Waals surface area contributed by atoms with Gasteiger partial charge in [0.2, 0.25) is 5.03 Å². The molecule has 0 radical (unpaired) electrons. The van der Waals surface area contributed by atoms with Gasteiger partial charge in [0.05, 0.1) is 7.11 Å². The molecule has 1 heterocycles. The molecular weight excluding hydrogens is 485 g/mol. The van der Waals surface area contributed by atoms with E-state index in [1.54, 1.807) is 6.07 Å². The largest absolute Gasteiger partial charge is 0.465 e. The molecule has 0 fully saturated rings. The van der Waals surface area contributed by atoms with Gasteiger partial charge in [-0.2, -0.15) is 5.10 Å². The summed E-state index contributed by atoms with van der Waals surface area (Å²) >= 11 is -4.83. The van der Waals surface area contributed by atoms with Gasteiger partial charge in [0.15, 0.2) is 0 Å². The smallest absolute Gasteiger partial charge is 0.342 e. The number of H-pyrrole nitrogens is 1. The molecule has 0 aliphatic rings. The van der Waals surface area contributed by atoms with E-state index in [1.165, 1.54) is 25.1 Å². The van der Waals surface area contributed by atoms with Crippen molar-refractivity contribution in [1.29, 1.82) is 0 Å². The van der Waals surface area contributed by atoms with Crippen molar-refractivity contribution in [3.63, 3.8) is 0 Å².